The monoisotopic (exact) mass is 954 g/mol. The highest BCUT2D eigenvalue weighted by atomic mass is 35.5. The summed E-state index contributed by atoms with van der Waals surface area (Å²) in [5, 5.41) is 16.7. The number of likely N-dealkylation sites (tertiary alicyclic amines) is 1. The fourth-order valence-corrected chi connectivity index (χ4v) is 6.53. The van der Waals surface area contributed by atoms with Crippen LogP contribution in [0.3, 0.4) is 0 Å². The number of rotatable bonds is 7. The van der Waals surface area contributed by atoms with Crippen LogP contribution in [0, 0.1) is 23.7 Å². The minimum atomic E-state index is -0.676. The molecule has 0 radical (unpaired) electrons. The van der Waals surface area contributed by atoms with E-state index >= 15 is 0 Å². The number of nitrogens with one attached hydrogen (secondary N) is 3. The van der Waals surface area contributed by atoms with Crippen LogP contribution < -0.4 is 26.6 Å². The van der Waals surface area contributed by atoms with Crippen LogP contribution in [0.2, 0.25) is 5.28 Å². The van der Waals surface area contributed by atoms with Crippen LogP contribution in [0.5, 0.6) is 0 Å². The lowest BCUT2D eigenvalue weighted by Gasteiger charge is -2.28. The third-order valence-electron chi connectivity index (χ3n) is 9.88. The lowest BCUT2D eigenvalue weighted by molar-refractivity contribution is 0.0234. The molecule has 19 heteroatoms. The molecule has 358 valence electrons. The van der Waals surface area contributed by atoms with Crippen LogP contribution in [-0.4, -0.2) is 78.0 Å². The number of hydrogen-bond acceptors (Lipinski definition) is 13. The van der Waals surface area contributed by atoms with Gasteiger partial charge in [0.1, 0.15) is 17.1 Å². The molecule has 1 atom stereocenters. The smallest absolute Gasteiger partial charge is 0.410 e. The number of primary amides is 1. The zero-order valence-corrected chi connectivity index (χ0v) is 40.7. The first-order valence-corrected chi connectivity index (χ1v) is 22.4. The first kappa shape index (κ1) is 50.5. The molecular formula is C50H55ClN12O6. The quantitative estimate of drug-likeness (QED) is 0.0863. The van der Waals surface area contributed by atoms with Crippen molar-refractivity contribution >= 4 is 58.7 Å². The zero-order valence-electron chi connectivity index (χ0n) is 40.0. The third kappa shape index (κ3) is 15.0. The Kier molecular flexibility index (Phi) is 15.9. The van der Waals surface area contributed by atoms with Crippen LogP contribution in [0.15, 0.2) is 94.5 Å². The second-order valence-corrected chi connectivity index (χ2v) is 19.2. The van der Waals surface area contributed by atoms with Crippen LogP contribution >= 0.6 is 11.6 Å². The second-order valence-electron chi connectivity index (χ2n) is 18.9. The van der Waals surface area contributed by atoms with Crippen molar-refractivity contribution in [1.29, 1.82) is 0 Å². The molecule has 0 saturated carbocycles. The van der Waals surface area contributed by atoms with E-state index in [0.29, 0.717) is 75.8 Å². The average molecular weight is 956 g/mol. The van der Waals surface area contributed by atoms with Gasteiger partial charge in [-0.2, -0.15) is 0 Å². The van der Waals surface area contributed by atoms with E-state index in [1.54, 1.807) is 65.8 Å². The molecule has 5 N–H and O–H groups in total. The highest BCUT2D eigenvalue weighted by Crippen LogP contribution is 2.31. The number of ether oxygens (including phenoxy) is 1. The summed E-state index contributed by atoms with van der Waals surface area (Å²) < 4.78 is 16.2. The Morgan fingerprint density at radius 2 is 1.35 bits per heavy atom. The van der Waals surface area contributed by atoms with Gasteiger partial charge in [0.15, 0.2) is 11.6 Å². The van der Waals surface area contributed by atoms with Gasteiger partial charge < -0.3 is 35.1 Å². The Morgan fingerprint density at radius 1 is 0.768 bits per heavy atom. The Bertz CT molecular complexity index is 2870. The van der Waals surface area contributed by atoms with Gasteiger partial charge in [-0.15, -0.1) is 0 Å². The molecule has 0 spiro atoms. The number of aromatic nitrogens is 6. The Hall–Kier alpha value is -7.96. The fourth-order valence-electron chi connectivity index (χ4n) is 6.43. The summed E-state index contributed by atoms with van der Waals surface area (Å²) in [7, 11) is 0. The average Bonchev–Trinajstić information content (AvgIpc) is 4.08. The van der Waals surface area contributed by atoms with Crippen molar-refractivity contribution in [3.8, 4) is 23.7 Å². The molecule has 5 heterocycles. The number of benzene rings is 2. The molecule has 69 heavy (non-hydrogen) atoms. The van der Waals surface area contributed by atoms with Crippen molar-refractivity contribution < 1.29 is 28.2 Å². The first-order chi connectivity index (χ1) is 32.6. The topological polar surface area (TPSA) is 233 Å². The predicted molar refractivity (Wildman–Crippen MR) is 263 cm³/mol. The maximum atomic E-state index is 12.5. The number of carbonyl (C=O) groups excluding carboxylic acids is 3. The summed E-state index contributed by atoms with van der Waals surface area (Å²) in [5.41, 5.74) is 8.36. The molecule has 6 aromatic rings. The number of urea groups is 2. The van der Waals surface area contributed by atoms with Crippen molar-refractivity contribution in [3.63, 3.8) is 0 Å². The van der Waals surface area contributed by atoms with Gasteiger partial charge in [0.2, 0.25) is 11.2 Å². The van der Waals surface area contributed by atoms with E-state index in [4.69, 9.17) is 31.1 Å². The highest BCUT2D eigenvalue weighted by Gasteiger charge is 2.32. The molecule has 0 bridgehead atoms. The van der Waals surface area contributed by atoms with Gasteiger partial charge in [-0.1, -0.05) is 87.7 Å². The summed E-state index contributed by atoms with van der Waals surface area (Å²) >= 11 is 5.67. The van der Waals surface area contributed by atoms with Gasteiger partial charge >= 0.3 is 18.2 Å². The summed E-state index contributed by atoms with van der Waals surface area (Å²) in [6, 6.07) is 16.6. The second kappa shape index (κ2) is 21.8. The summed E-state index contributed by atoms with van der Waals surface area (Å²) in [6.45, 7) is 18.8. The molecule has 5 amide bonds. The zero-order chi connectivity index (χ0) is 49.9. The molecule has 2 aromatic carbocycles. The minimum absolute atomic E-state index is 0.0211. The largest absolute Gasteiger partial charge is 0.444 e. The Balaban J connectivity index is 0.000000243. The summed E-state index contributed by atoms with van der Waals surface area (Å²) in [5.74, 6) is 14.5. The molecule has 0 aliphatic carbocycles. The highest BCUT2D eigenvalue weighted by molar-refractivity contribution is 6.28. The number of halogens is 1. The van der Waals surface area contributed by atoms with Gasteiger partial charge in [0.05, 0.1) is 22.9 Å². The van der Waals surface area contributed by atoms with E-state index in [0.717, 1.165) is 12.8 Å². The van der Waals surface area contributed by atoms with Crippen LogP contribution in [0.4, 0.5) is 43.3 Å². The summed E-state index contributed by atoms with van der Waals surface area (Å²) in [6.07, 6.45) is 7.88. The van der Waals surface area contributed by atoms with Crippen molar-refractivity contribution in [2.24, 2.45) is 5.73 Å². The number of nitrogens with two attached hydrogens (primary N) is 1. The van der Waals surface area contributed by atoms with Gasteiger partial charge in [-0.05, 0) is 81.6 Å². The third-order valence-corrected chi connectivity index (χ3v) is 10.1. The molecule has 1 saturated heterocycles. The molecule has 1 unspecified atom stereocenters. The number of amides is 5. The van der Waals surface area contributed by atoms with E-state index in [1.165, 1.54) is 17.3 Å². The van der Waals surface area contributed by atoms with Gasteiger partial charge in [-0.25, -0.2) is 39.2 Å². The van der Waals surface area contributed by atoms with Gasteiger partial charge in [0.25, 0.3) is 0 Å². The normalized spacial score (nSPS) is 13.4. The fraction of sp³-hybridized carbons (Fsp3) is 0.340. The van der Waals surface area contributed by atoms with E-state index in [1.807, 2.05) is 74.4 Å². The number of hydrogen-bond donors (Lipinski definition) is 4. The van der Waals surface area contributed by atoms with Crippen LogP contribution in [0.25, 0.3) is 0 Å². The van der Waals surface area contributed by atoms with E-state index < -0.39 is 17.7 Å². The summed E-state index contributed by atoms with van der Waals surface area (Å²) in [4.78, 5) is 56.5. The Morgan fingerprint density at radius 3 is 1.94 bits per heavy atom. The molecule has 1 fully saturated rings. The van der Waals surface area contributed by atoms with Crippen molar-refractivity contribution in [2.45, 2.75) is 97.6 Å². The van der Waals surface area contributed by atoms with E-state index in [2.05, 4.69) is 69.9 Å². The number of nitrogens with zero attached hydrogens (tertiary/aromatic N) is 8. The van der Waals surface area contributed by atoms with Crippen LogP contribution in [-0.2, 0) is 15.6 Å². The SMILES string of the molecule is CC(C)(C)OC(=O)N1CCCC1CNc1ncc(C#Cc2cccc(NC(=O)Nc3cc(C(C)(C)C)on3)c2)cn1.CC(C)(C)c1cc(N(C(N)=O)c2cccc(C#Cc3cnc(Cl)nc3)c2)no1. The minimum Gasteiger partial charge on any atom is -0.444 e. The molecule has 1 aliphatic heterocycles. The lowest BCUT2D eigenvalue weighted by atomic mass is 9.93. The van der Waals surface area contributed by atoms with E-state index in [-0.39, 0.29) is 28.2 Å². The molecular weight excluding hydrogens is 900 g/mol. The Labute approximate surface area is 406 Å². The van der Waals surface area contributed by atoms with Crippen molar-refractivity contribution in [1.82, 2.24) is 35.1 Å². The van der Waals surface area contributed by atoms with Gasteiger partial charge in [0, 0.05) is 77.7 Å². The maximum absolute atomic E-state index is 12.5. The van der Waals surface area contributed by atoms with Crippen molar-refractivity contribution in [2.75, 3.05) is 33.9 Å². The standard InChI is InChI=1S/C30H37N7O4.C20H18ClN5O2/c1-29(2,3)24-16-25(36-41-24)35-27(38)34-22-10-7-9-20(15-22)12-13-21-17-31-26(32-18-21)33-19-23-11-8-14-37(23)28(39)40-30(4,5)6;1-20(2,3)16-10-17(25-28-16)26(19(22)27)15-6-4-5-13(9-15)7-8-14-11-23-18(21)24-12-14/h7,9-10,15-18,23H,8,11,14,19H2,1-6H3,(H,31,32,33)(H2,34,35,36,38);4-6,9-12H,1-3H3,(H2,22,27). The molecule has 4 aromatic heterocycles. The molecule has 1 aliphatic rings. The number of anilines is 5. The van der Waals surface area contributed by atoms with Crippen molar-refractivity contribution in [3.05, 3.63) is 125 Å². The molecule has 7 rings (SSSR count). The maximum Gasteiger partial charge on any atom is 0.410 e. The predicted octanol–water partition coefficient (Wildman–Crippen LogP) is 9.65. The van der Waals surface area contributed by atoms with Gasteiger partial charge in [-0.3, -0.25) is 5.32 Å². The van der Waals surface area contributed by atoms with E-state index in [9.17, 15) is 14.4 Å². The lowest BCUT2D eigenvalue weighted by Crippen LogP contribution is -2.42. The first-order valence-electron chi connectivity index (χ1n) is 22.0. The van der Waals surface area contributed by atoms with Crippen LogP contribution in [0.1, 0.15) is 109 Å². The molecule has 18 nitrogen and oxygen atoms in total. The number of carbonyl (C=O) groups is 3.